The van der Waals surface area contributed by atoms with E-state index in [1.54, 1.807) is 13.2 Å². The summed E-state index contributed by atoms with van der Waals surface area (Å²) in [6.07, 6.45) is 3.11. The Morgan fingerprint density at radius 3 is 2.90 bits per heavy atom. The van der Waals surface area contributed by atoms with Gasteiger partial charge in [0.1, 0.15) is 5.76 Å². The first-order valence-electron chi connectivity index (χ1n) is 14.1. The molecule has 11 heteroatoms. The highest BCUT2D eigenvalue weighted by molar-refractivity contribution is 5.83. The fourth-order valence-electron chi connectivity index (χ4n) is 7.41. The maximum absolute atomic E-state index is 13.1. The molecule has 2 aliphatic carbocycles. The molecule has 1 aromatic carbocycles. The number of likely N-dealkylation sites (tertiary alicyclic amines) is 1. The van der Waals surface area contributed by atoms with Crippen LogP contribution in [0.1, 0.15) is 50.2 Å². The van der Waals surface area contributed by atoms with Crippen molar-refractivity contribution in [2.75, 3.05) is 33.8 Å². The van der Waals surface area contributed by atoms with Gasteiger partial charge in [0.15, 0.2) is 23.7 Å². The second-order valence-corrected chi connectivity index (χ2v) is 11.5. The minimum Gasteiger partial charge on any atom is -0.493 e. The maximum Gasteiger partial charge on any atom is 0.352 e. The minimum atomic E-state index is -1.16. The number of piperidine rings is 1. The number of ether oxygens (including phenoxy) is 4. The Morgan fingerprint density at radius 1 is 1.32 bits per heavy atom. The lowest BCUT2D eigenvalue weighted by Gasteiger charge is -2.61. The lowest BCUT2D eigenvalue weighted by molar-refractivity contribution is -0.175. The van der Waals surface area contributed by atoms with Crippen LogP contribution in [-0.2, 0) is 35.7 Å². The van der Waals surface area contributed by atoms with Crippen molar-refractivity contribution in [3.63, 3.8) is 0 Å². The SMILES string of the molecule is COc1ccc2c3c1O[C@@H]1C(OC(=O)[C@H](C)OC(=O)CCNC(=O)[C@@H]4CCCN4)=CC[C@]4(O)[C@H](C2)N(C)CC[C@@]314. The summed E-state index contributed by atoms with van der Waals surface area (Å²) < 4.78 is 23.2. The Balaban J connectivity index is 1.15. The van der Waals surface area contributed by atoms with Gasteiger partial charge in [0.2, 0.25) is 5.91 Å². The van der Waals surface area contributed by atoms with Gasteiger partial charge in [-0.25, -0.2) is 4.79 Å². The molecule has 1 spiro atoms. The van der Waals surface area contributed by atoms with Crippen LogP contribution in [0.4, 0.5) is 0 Å². The average molecular weight is 556 g/mol. The molecule has 216 valence electrons. The smallest absolute Gasteiger partial charge is 0.352 e. The van der Waals surface area contributed by atoms with Crippen LogP contribution >= 0.6 is 0 Å². The summed E-state index contributed by atoms with van der Waals surface area (Å²) in [6, 6.07) is 3.58. The number of rotatable bonds is 8. The van der Waals surface area contributed by atoms with E-state index in [2.05, 4.69) is 15.5 Å². The molecule has 1 amide bonds. The van der Waals surface area contributed by atoms with Crippen molar-refractivity contribution in [1.29, 1.82) is 0 Å². The van der Waals surface area contributed by atoms with Crippen molar-refractivity contribution in [1.82, 2.24) is 15.5 Å². The molecule has 3 heterocycles. The van der Waals surface area contributed by atoms with Crippen LogP contribution in [0, 0.1) is 0 Å². The van der Waals surface area contributed by atoms with Gasteiger partial charge in [-0.15, -0.1) is 0 Å². The van der Waals surface area contributed by atoms with Gasteiger partial charge in [-0.05, 0) is 70.5 Å². The second-order valence-electron chi connectivity index (χ2n) is 11.5. The molecule has 1 aromatic rings. The van der Waals surface area contributed by atoms with E-state index in [9.17, 15) is 19.5 Å². The summed E-state index contributed by atoms with van der Waals surface area (Å²) in [7, 11) is 3.61. The number of carbonyl (C=O) groups is 3. The topological polar surface area (TPSA) is 136 Å². The standard InChI is InChI=1S/C29H37N3O8/c1-16(38-22(33)9-13-31-26(34)18-5-4-12-30-18)27(35)39-20-8-10-29(36)21-15-17-6-7-19(37-3)24-23(17)28(29,25(20)40-24)11-14-32(21)2/h6-8,16,18,21,25,30,36H,4-5,9-15H2,1-3H3,(H,31,34)/t16-,18-,21-,25+,28+,29-/m0/s1. The molecule has 6 rings (SSSR count). The van der Waals surface area contributed by atoms with Gasteiger partial charge in [-0.3, -0.25) is 9.59 Å². The predicted octanol–water partition coefficient (Wildman–Crippen LogP) is 0.706. The first-order chi connectivity index (χ1) is 19.2. The molecule has 3 N–H and O–H groups in total. The third-order valence-corrected chi connectivity index (χ3v) is 9.42. The number of benzene rings is 1. The van der Waals surface area contributed by atoms with Gasteiger partial charge in [-0.2, -0.15) is 0 Å². The third-order valence-electron chi connectivity index (χ3n) is 9.42. The monoisotopic (exact) mass is 555 g/mol. The number of carbonyl (C=O) groups excluding carboxylic acids is 3. The number of methoxy groups -OCH3 is 1. The van der Waals surface area contributed by atoms with Crippen LogP contribution in [0.5, 0.6) is 11.5 Å². The summed E-state index contributed by atoms with van der Waals surface area (Å²) in [6.45, 7) is 3.14. The fraction of sp³-hybridized carbons (Fsp3) is 0.621. The van der Waals surface area contributed by atoms with Gasteiger partial charge in [0, 0.05) is 24.6 Å². The molecule has 5 aliphatic rings. The van der Waals surface area contributed by atoms with E-state index >= 15 is 0 Å². The summed E-state index contributed by atoms with van der Waals surface area (Å²) >= 11 is 0. The summed E-state index contributed by atoms with van der Waals surface area (Å²) in [4.78, 5) is 39.8. The van der Waals surface area contributed by atoms with E-state index in [1.807, 2.05) is 19.2 Å². The number of esters is 2. The van der Waals surface area contributed by atoms with Crippen molar-refractivity contribution in [3.8, 4) is 11.5 Å². The highest BCUT2D eigenvalue weighted by Gasteiger charge is 2.72. The van der Waals surface area contributed by atoms with Gasteiger partial charge in [-0.1, -0.05) is 6.07 Å². The number of nitrogens with zero attached hydrogens (tertiary/aromatic N) is 1. The third kappa shape index (κ3) is 4.01. The van der Waals surface area contributed by atoms with Crippen molar-refractivity contribution >= 4 is 17.8 Å². The van der Waals surface area contributed by atoms with E-state index in [4.69, 9.17) is 18.9 Å². The Bertz CT molecular complexity index is 1260. The van der Waals surface area contributed by atoms with Crippen LogP contribution in [0.25, 0.3) is 0 Å². The summed E-state index contributed by atoms with van der Waals surface area (Å²) in [5.74, 6) is -0.0109. The zero-order valence-electron chi connectivity index (χ0n) is 23.2. The lowest BCUT2D eigenvalue weighted by Crippen LogP contribution is -2.74. The van der Waals surface area contributed by atoms with E-state index in [1.165, 1.54) is 6.92 Å². The van der Waals surface area contributed by atoms with E-state index < -0.39 is 35.2 Å². The molecule has 6 atom stereocenters. The van der Waals surface area contributed by atoms with Crippen LogP contribution in [0.3, 0.4) is 0 Å². The van der Waals surface area contributed by atoms with Crippen LogP contribution in [0.2, 0.25) is 0 Å². The molecule has 2 fully saturated rings. The number of nitrogens with one attached hydrogen (secondary N) is 2. The van der Waals surface area contributed by atoms with Crippen molar-refractivity contribution in [2.24, 2.45) is 0 Å². The average Bonchev–Trinajstić information content (AvgIpc) is 3.59. The van der Waals surface area contributed by atoms with Crippen molar-refractivity contribution < 1.29 is 38.4 Å². The zero-order chi connectivity index (χ0) is 28.2. The van der Waals surface area contributed by atoms with Gasteiger partial charge in [0.05, 0.1) is 30.6 Å². The van der Waals surface area contributed by atoms with Crippen LogP contribution in [-0.4, -0.2) is 91.5 Å². The molecule has 0 radical (unpaired) electrons. The largest absolute Gasteiger partial charge is 0.493 e. The van der Waals surface area contributed by atoms with E-state index in [0.717, 1.165) is 37.1 Å². The highest BCUT2D eigenvalue weighted by atomic mass is 16.6. The molecule has 0 unspecified atom stereocenters. The van der Waals surface area contributed by atoms with Crippen molar-refractivity contribution in [2.45, 2.75) is 80.8 Å². The Morgan fingerprint density at radius 2 is 2.15 bits per heavy atom. The molecule has 0 aromatic heterocycles. The van der Waals surface area contributed by atoms with E-state index in [0.29, 0.717) is 36.5 Å². The Hall–Kier alpha value is -3.15. The zero-order valence-corrected chi connectivity index (χ0v) is 23.2. The first-order valence-corrected chi connectivity index (χ1v) is 14.1. The Labute approximate surface area is 233 Å². The molecule has 3 aliphatic heterocycles. The number of amides is 1. The quantitative estimate of drug-likeness (QED) is 0.394. The first kappa shape index (κ1) is 27.0. The fourth-order valence-corrected chi connectivity index (χ4v) is 7.41. The Kier molecular flexibility index (Phi) is 6.79. The number of likely N-dealkylation sites (N-methyl/N-ethyl adjacent to an activating group) is 1. The molecular formula is C29H37N3O8. The van der Waals surface area contributed by atoms with Gasteiger partial charge >= 0.3 is 11.9 Å². The number of hydrogen-bond donors (Lipinski definition) is 3. The normalized spacial score (nSPS) is 32.3. The predicted molar refractivity (Wildman–Crippen MR) is 142 cm³/mol. The molecule has 40 heavy (non-hydrogen) atoms. The molecule has 11 nitrogen and oxygen atoms in total. The summed E-state index contributed by atoms with van der Waals surface area (Å²) in [5.41, 5.74) is 0.143. The lowest BCUT2D eigenvalue weighted by atomic mass is 9.50. The second kappa shape index (κ2) is 10.0. The molecule has 0 saturated carbocycles. The number of aliphatic hydroxyl groups is 1. The number of hydrogen-bond acceptors (Lipinski definition) is 10. The molecule has 2 saturated heterocycles. The van der Waals surface area contributed by atoms with Gasteiger partial charge < -0.3 is 39.6 Å². The minimum absolute atomic E-state index is 0.0621. The van der Waals surface area contributed by atoms with Crippen LogP contribution < -0.4 is 20.1 Å². The molecule has 2 bridgehead atoms. The summed E-state index contributed by atoms with van der Waals surface area (Å²) in [5, 5.41) is 18.1. The van der Waals surface area contributed by atoms with E-state index in [-0.39, 0.29) is 31.0 Å². The van der Waals surface area contributed by atoms with Crippen molar-refractivity contribution in [3.05, 3.63) is 35.1 Å². The van der Waals surface area contributed by atoms with Crippen LogP contribution in [0.15, 0.2) is 24.0 Å². The maximum atomic E-state index is 13.1. The molecular weight excluding hydrogens is 518 g/mol. The van der Waals surface area contributed by atoms with Gasteiger partial charge in [0.25, 0.3) is 0 Å². The highest BCUT2D eigenvalue weighted by Crippen LogP contribution is 2.65.